The van der Waals surface area contributed by atoms with Crippen LogP contribution in [0.3, 0.4) is 0 Å². The molecule has 1 unspecified atom stereocenters. The molecule has 2 aliphatic rings. The summed E-state index contributed by atoms with van der Waals surface area (Å²) >= 11 is 0. The van der Waals surface area contributed by atoms with E-state index in [0.717, 1.165) is 12.0 Å². The molecule has 0 amide bonds. The molecule has 2 rings (SSSR count). The monoisotopic (exact) mass is 238 g/mol. The van der Waals surface area contributed by atoms with E-state index in [-0.39, 0.29) is 0 Å². The first-order valence-electron chi connectivity index (χ1n) is 7.77. The fourth-order valence-electron chi connectivity index (χ4n) is 3.68. The number of nitrogens with one attached hydrogen (secondary N) is 1. The van der Waals surface area contributed by atoms with E-state index in [1.807, 2.05) is 0 Å². The molecule has 0 bridgehead atoms. The van der Waals surface area contributed by atoms with Gasteiger partial charge in [-0.25, -0.2) is 0 Å². The van der Waals surface area contributed by atoms with Crippen LogP contribution in [0.5, 0.6) is 0 Å². The summed E-state index contributed by atoms with van der Waals surface area (Å²) in [5.74, 6) is 1.04. The van der Waals surface area contributed by atoms with E-state index in [0.29, 0.717) is 6.04 Å². The molecule has 2 fully saturated rings. The molecule has 1 heterocycles. The summed E-state index contributed by atoms with van der Waals surface area (Å²) in [7, 11) is 0. The zero-order valence-corrected chi connectivity index (χ0v) is 11.8. The second kappa shape index (κ2) is 6.75. The van der Waals surface area contributed by atoms with Crippen molar-refractivity contribution >= 4 is 0 Å². The molecule has 1 saturated heterocycles. The highest BCUT2D eigenvalue weighted by atomic mass is 15.2. The van der Waals surface area contributed by atoms with Crippen LogP contribution in [-0.4, -0.2) is 36.6 Å². The van der Waals surface area contributed by atoms with Crippen molar-refractivity contribution in [2.45, 2.75) is 70.9 Å². The highest BCUT2D eigenvalue weighted by Crippen LogP contribution is 2.30. The number of hydrogen-bond donors (Lipinski definition) is 1. The van der Waals surface area contributed by atoms with Gasteiger partial charge >= 0.3 is 0 Å². The molecule has 1 atom stereocenters. The predicted octanol–water partition coefficient (Wildman–Crippen LogP) is 3.03. The van der Waals surface area contributed by atoms with Crippen LogP contribution in [0.15, 0.2) is 0 Å². The summed E-state index contributed by atoms with van der Waals surface area (Å²) in [5, 5.41) is 3.60. The Bertz CT molecular complexity index is 209. The Hall–Kier alpha value is -0.0800. The molecule has 1 aliphatic heterocycles. The molecule has 0 radical (unpaired) electrons. The summed E-state index contributed by atoms with van der Waals surface area (Å²) in [6, 6.07) is 1.58. The van der Waals surface area contributed by atoms with E-state index < -0.39 is 0 Å². The van der Waals surface area contributed by atoms with Gasteiger partial charge in [0.05, 0.1) is 0 Å². The molecular weight excluding hydrogens is 208 g/mol. The SMILES string of the molecule is CCCC1CCC(N2CCCNC(C)C2)CC1. The van der Waals surface area contributed by atoms with E-state index >= 15 is 0 Å². The largest absolute Gasteiger partial charge is 0.313 e. The summed E-state index contributed by atoms with van der Waals surface area (Å²) in [4.78, 5) is 2.77. The maximum Gasteiger partial charge on any atom is 0.0166 e. The van der Waals surface area contributed by atoms with Gasteiger partial charge in [0, 0.05) is 18.6 Å². The van der Waals surface area contributed by atoms with Gasteiger partial charge < -0.3 is 5.32 Å². The van der Waals surface area contributed by atoms with Gasteiger partial charge in [0.1, 0.15) is 0 Å². The minimum absolute atomic E-state index is 0.686. The Kier molecular flexibility index (Phi) is 5.30. The zero-order valence-electron chi connectivity index (χ0n) is 11.8. The second-order valence-electron chi connectivity index (χ2n) is 6.17. The third-order valence-electron chi connectivity index (χ3n) is 4.65. The number of rotatable bonds is 3. The van der Waals surface area contributed by atoms with Crippen molar-refractivity contribution in [3.8, 4) is 0 Å². The maximum atomic E-state index is 3.60. The number of nitrogens with zero attached hydrogens (tertiary/aromatic N) is 1. The van der Waals surface area contributed by atoms with E-state index in [1.54, 1.807) is 0 Å². The van der Waals surface area contributed by atoms with E-state index in [1.165, 1.54) is 64.6 Å². The van der Waals surface area contributed by atoms with Crippen molar-refractivity contribution in [2.75, 3.05) is 19.6 Å². The molecule has 2 heteroatoms. The molecule has 1 N–H and O–H groups in total. The van der Waals surface area contributed by atoms with Crippen molar-refractivity contribution in [3.63, 3.8) is 0 Å². The highest BCUT2D eigenvalue weighted by molar-refractivity contribution is 4.83. The van der Waals surface area contributed by atoms with Crippen LogP contribution in [0.4, 0.5) is 0 Å². The molecule has 100 valence electrons. The first-order valence-corrected chi connectivity index (χ1v) is 7.77. The van der Waals surface area contributed by atoms with E-state index in [9.17, 15) is 0 Å². The minimum Gasteiger partial charge on any atom is -0.313 e. The van der Waals surface area contributed by atoms with Gasteiger partial charge in [0.2, 0.25) is 0 Å². The summed E-state index contributed by atoms with van der Waals surface area (Å²) in [6.45, 7) is 8.46. The van der Waals surface area contributed by atoms with Crippen LogP contribution in [0.1, 0.15) is 58.8 Å². The molecule has 17 heavy (non-hydrogen) atoms. The van der Waals surface area contributed by atoms with Crippen LogP contribution < -0.4 is 5.32 Å². The Balaban J connectivity index is 1.78. The molecule has 0 aromatic carbocycles. The zero-order chi connectivity index (χ0) is 12.1. The normalized spacial score (nSPS) is 36.7. The fraction of sp³-hybridized carbons (Fsp3) is 1.00. The van der Waals surface area contributed by atoms with Crippen molar-refractivity contribution in [3.05, 3.63) is 0 Å². The standard InChI is InChI=1S/C15H30N2/c1-3-5-14-6-8-15(9-7-14)17-11-4-10-16-13(2)12-17/h13-16H,3-12H2,1-2H3. The highest BCUT2D eigenvalue weighted by Gasteiger charge is 2.26. The third kappa shape index (κ3) is 3.96. The Labute approximate surface area is 107 Å². The average molecular weight is 238 g/mol. The lowest BCUT2D eigenvalue weighted by Crippen LogP contribution is -2.43. The molecular formula is C15H30N2. The Morgan fingerprint density at radius 1 is 1.18 bits per heavy atom. The molecule has 1 aliphatic carbocycles. The molecule has 2 nitrogen and oxygen atoms in total. The summed E-state index contributed by atoms with van der Waals surface area (Å²) in [5.41, 5.74) is 0. The topological polar surface area (TPSA) is 15.3 Å². The summed E-state index contributed by atoms with van der Waals surface area (Å²) in [6.07, 6.45) is 10.0. The molecule has 1 saturated carbocycles. The average Bonchev–Trinajstić information content (AvgIpc) is 2.55. The van der Waals surface area contributed by atoms with Crippen molar-refractivity contribution < 1.29 is 0 Å². The van der Waals surface area contributed by atoms with Gasteiger partial charge in [0.15, 0.2) is 0 Å². The molecule has 0 aromatic heterocycles. The quantitative estimate of drug-likeness (QED) is 0.813. The first kappa shape index (κ1) is 13.4. The lowest BCUT2D eigenvalue weighted by molar-refractivity contribution is 0.133. The van der Waals surface area contributed by atoms with Crippen LogP contribution >= 0.6 is 0 Å². The van der Waals surface area contributed by atoms with E-state index in [2.05, 4.69) is 24.1 Å². The van der Waals surface area contributed by atoms with Gasteiger partial charge in [-0.15, -0.1) is 0 Å². The maximum absolute atomic E-state index is 3.60. The molecule has 0 aromatic rings. The third-order valence-corrected chi connectivity index (χ3v) is 4.65. The molecule has 0 spiro atoms. The Morgan fingerprint density at radius 3 is 2.65 bits per heavy atom. The van der Waals surface area contributed by atoms with Crippen molar-refractivity contribution in [1.82, 2.24) is 10.2 Å². The Morgan fingerprint density at radius 2 is 1.94 bits per heavy atom. The van der Waals surface area contributed by atoms with Gasteiger partial charge in [-0.1, -0.05) is 19.8 Å². The van der Waals surface area contributed by atoms with Gasteiger partial charge in [0.25, 0.3) is 0 Å². The first-order chi connectivity index (χ1) is 8.29. The van der Waals surface area contributed by atoms with Crippen LogP contribution in [0.25, 0.3) is 0 Å². The van der Waals surface area contributed by atoms with Crippen molar-refractivity contribution in [2.24, 2.45) is 5.92 Å². The van der Waals surface area contributed by atoms with Crippen molar-refractivity contribution in [1.29, 1.82) is 0 Å². The van der Waals surface area contributed by atoms with Gasteiger partial charge in [-0.05, 0) is 58.0 Å². The lowest BCUT2D eigenvalue weighted by Gasteiger charge is -2.37. The van der Waals surface area contributed by atoms with Crippen LogP contribution in [0, 0.1) is 5.92 Å². The van der Waals surface area contributed by atoms with Crippen LogP contribution in [-0.2, 0) is 0 Å². The lowest BCUT2D eigenvalue weighted by atomic mass is 9.83. The predicted molar refractivity (Wildman–Crippen MR) is 74.3 cm³/mol. The van der Waals surface area contributed by atoms with Gasteiger partial charge in [-0.2, -0.15) is 0 Å². The summed E-state index contributed by atoms with van der Waals surface area (Å²) < 4.78 is 0. The minimum atomic E-state index is 0.686. The van der Waals surface area contributed by atoms with E-state index in [4.69, 9.17) is 0 Å². The number of hydrogen-bond acceptors (Lipinski definition) is 2. The van der Waals surface area contributed by atoms with Crippen LogP contribution in [0.2, 0.25) is 0 Å². The fourth-order valence-corrected chi connectivity index (χ4v) is 3.68. The smallest absolute Gasteiger partial charge is 0.0166 e. The second-order valence-corrected chi connectivity index (χ2v) is 6.17. The van der Waals surface area contributed by atoms with Gasteiger partial charge in [-0.3, -0.25) is 4.90 Å².